The lowest BCUT2D eigenvalue weighted by Gasteiger charge is -2.50. The van der Waals surface area contributed by atoms with Crippen LogP contribution in [0.3, 0.4) is 0 Å². The SMILES string of the molecule is CC(=O)N[C@H]1[C@H](O[C@@H]2[C@@H](OC[C@H]3O[C@@H](O[C@@H]([C@H](O)[C@H](C=O)NC(C)=O)[C@H](O)CO)[C@@H](O)[C@@H](O[C@H]4O[C@H](CO)[C@@H](O)[C@H](O)[C@@H]4O[C@@H]4O[C@H](CO)[C@@H](O[C@@H]5O[C@H](CO[C@]6(C(=O)O)C[C@H](O)[C@@H](NC(C)=O)[C@H]([C@H](O)[C@H](O)CO)O6)[C@H](O)[C@H](O)[C@H]5O)[C@H](O)[C@H]4NC(C)=O)[C@@H]3O)O[C@H](CO)[C@@H](O)[C@@H]2O)O[C@H](CO)[C@@H](O[C@@H]2O[C@H](CO[C@]3(C(=O)O)C[C@H](O)[C@@H](NC(C)=O)[C@H]([C@H](O)[C@H](O)CO)O3)[C@H](O)[C@H](O)[C@H]2O)[C@@H]1O. The van der Waals surface area contributed by atoms with Gasteiger partial charge in [0.15, 0.2) is 44.0 Å². The third-order valence-corrected chi connectivity index (χ3v) is 24.4. The average Bonchev–Trinajstić information content (AvgIpc) is 0.774. The van der Waals surface area contributed by atoms with Gasteiger partial charge < -0.3 is 275 Å². The van der Waals surface area contributed by atoms with Gasteiger partial charge in [-0.25, -0.2) is 9.59 Å². The smallest absolute Gasteiger partial charge is 0.364 e. The number of carbonyl (C=O) groups excluding carboxylic acids is 6. The van der Waals surface area contributed by atoms with Crippen molar-refractivity contribution in [2.45, 2.75) is 359 Å². The van der Waals surface area contributed by atoms with Gasteiger partial charge in [0.1, 0.15) is 238 Å². The Kier molecular flexibility index (Phi) is 42.1. The van der Waals surface area contributed by atoms with E-state index >= 15 is 0 Å². The van der Waals surface area contributed by atoms with Crippen molar-refractivity contribution in [1.82, 2.24) is 26.6 Å². The van der Waals surface area contributed by atoms with Crippen molar-refractivity contribution in [3.05, 3.63) is 0 Å². The molecule has 0 aliphatic carbocycles. The maximum atomic E-state index is 13.2. The summed E-state index contributed by atoms with van der Waals surface area (Å²) in [5.41, 5.74) is 0. The van der Waals surface area contributed by atoms with Crippen molar-refractivity contribution in [1.29, 1.82) is 0 Å². The number of aliphatic hydroxyl groups excluding tert-OH is 29. The number of carbonyl (C=O) groups is 8. The highest BCUT2D eigenvalue weighted by Gasteiger charge is 2.64. The van der Waals surface area contributed by atoms with Crippen LogP contribution in [-0.4, -0.2) is 584 Å². The Morgan fingerprint density at radius 2 is 0.681 bits per heavy atom. The van der Waals surface area contributed by atoms with E-state index in [1.807, 2.05) is 5.32 Å². The Morgan fingerprint density at radius 3 is 1.04 bits per heavy atom. The monoisotopic (exact) mass is 2020 g/mol. The van der Waals surface area contributed by atoms with Crippen LogP contribution in [0.5, 0.6) is 0 Å². The molecule has 0 radical (unpaired) electrons. The number of aliphatic hydroxyl groups is 29. The molecular formula is C76H125N5O57. The highest BCUT2D eigenvalue weighted by molar-refractivity contribution is 5.79. The fraction of sp³-hybridized carbons (Fsp3) is 0.895. The van der Waals surface area contributed by atoms with Gasteiger partial charge >= 0.3 is 11.9 Å². The van der Waals surface area contributed by atoms with Crippen molar-refractivity contribution >= 4 is 47.8 Å². The van der Waals surface area contributed by atoms with Crippen LogP contribution in [0.25, 0.3) is 0 Å². The van der Waals surface area contributed by atoms with E-state index < -0.39 is 432 Å². The number of rotatable bonds is 43. The van der Waals surface area contributed by atoms with E-state index in [0.29, 0.717) is 0 Å². The van der Waals surface area contributed by atoms with Gasteiger partial charge in [0.05, 0.1) is 90.4 Å². The third kappa shape index (κ3) is 26.3. The van der Waals surface area contributed by atoms with Crippen LogP contribution in [0, 0.1) is 0 Å². The Labute approximate surface area is 779 Å². The Balaban J connectivity index is 0.985. The van der Waals surface area contributed by atoms with Crippen molar-refractivity contribution in [2.24, 2.45) is 0 Å². The quantitative estimate of drug-likeness (QED) is 0.0252. The van der Waals surface area contributed by atoms with Crippen LogP contribution < -0.4 is 26.6 Å². The van der Waals surface area contributed by atoms with E-state index in [1.54, 1.807) is 0 Å². The second-order valence-corrected chi connectivity index (χ2v) is 34.3. The molecule has 796 valence electrons. The largest absolute Gasteiger partial charge is 0.477 e. The summed E-state index contributed by atoms with van der Waals surface area (Å²) in [5.74, 6) is -15.2. The minimum absolute atomic E-state index is 0.0714. The van der Waals surface area contributed by atoms with Crippen LogP contribution in [-0.2, 0) is 124 Å². The molecule has 9 fully saturated rings. The van der Waals surface area contributed by atoms with Gasteiger partial charge in [-0.05, 0) is 0 Å². The molecule has 0 aromatic rings. The zero-order valence-electron chi connectivity index (χ0n) is 73.8. The number of carboxylic acid groups (broad SMARTS) is 2. The topological polar surface area (TPSA) is 990 Å². The van der Waals surface area contributed by atoms with Crippen molar-refractivity contribution in [2.75, 3.05) is 66.1 Å². The van der Waals surface area contributed by atoms with Crippen LogP contribution in [0.1, 0.15) is 47.5 Å². The van der Waals surface area contributed by atoms with Gasteiger partial charge in [0.25, 0.3) is 11.6 Å². The summed E-state index contributed by atoms with van der Waals surface area (Å²) < 4.78 is 106. The van der Waals surface area contributed by atoms with Gasteiger partial charge in [0, 0.05) is 47.5 Å². The zero-order valence-corrected chi connectivity index (χ0v) is 73.8. The molecule has 138 heavy (non-hydrogen) atoms. The number of aliphatic carboxylic acids is 2. The molecule has 0 spiro atoms. The second kappa shape index (κ2) is 50.3. The van der Waals surface area contributed by atoms with Gasteiger partial charge in [-0.1, -0.05) is 0 Å². The first-order chi connectivity index (χ1) is 64.9. The van der Waals surface area contributed by atoms with Gasteiger partial charge in [-0.2, -0.15) is 0 Å². The van der Waals surface area contributed by atoms with Crippen LogP contribution in [0.2, 0.25) is 0 Å². The summed E-state index contributed by atoms with van der Waals surface area (Å²) in [7, 11) is 0. The molecule has 9 aliphatic rings. The third-order valence-electron chi connectivity index (χ3n) is 24.4. The van der Waals surface area contributed by atoms with E-state index in [-0.39, 0.29) is 6.29 Å². The first kappa shape index (κ1) is 116. The molecule has 0 bridgehead atoms. The Morgan fingerprint density at radius 1 is 0.348 bits per heavy atom. The summed E-state index contributed by atoms with van der Waals surface area (Å²) in [6.07, 6.45) is -103. The van der Waals surface area contributed by atoms with E-state index in [0.717, 1.165) is 34.6 Å². The second-order valence-electron chi connectivity index (χ2n) is 34.3. The van der Waals surface area contributed by atoms with Gasteiger partial charge in [0.2, 0.25) is 29.5 Å². The molecule has 0 unspecified atom stereocenters. The molecular weight excluding hydrogens is 1890 g/mol. The lowest BCUT2D eigenvalue weighted by atomic mass is 9.88. The zero-order chi connectivity index (χ0) is 103. The van der Waals surface area contributed by atoms with Crippen molar-refractivity contribution in [3.63, 3.8) is 0 Å². The maximum absolute atomic E-state index is 13.2. The molecule has 9 rings (SSSR count). The Bertz CT molecular complexity index is 3910. The predicted molar refractivity (Wildman–Crippen MR) is 423 cm³/mol. The van der Waals surface area contributed by atoms with Crippen LogP contribution in [0.15, 0.2) is 0 Å². The fourth-order valence-electron chi connectivity index (χ4n) is 17.0. The first-order valence-corrected chi connectivity index (χ1v) is 43.2. The van der Waals surface area contributed by atoms with Crippen LogP contribution in [0.4, 0.5) is 0 Å². The minimum Gasteiger partial charge on any atom is -0.477 e. The average molecular weight is 2020 g/mol. The van der Waals surface area contributed by atoms with Crippen molar-refractivity contribution in [3.8, 4) is 0 Å². The van der Waals surface area contributed by atoms with E-state index in [9.17, 15) is 197 Å². The number of carboxylic acids is 2. The maximum Gasteiger partial charge on any atom is 0.364 e. The van der Waals surface area contributed by atoms with Gasteiger partial charge in [-0.15, -0.1) is 0 Å². The normalized spacial score (nSPS) is 43.7. The number of nitrogens with one attached hydrogen (secondary N) is 5. The first-order valence-electron chi connectivity index (χ1n) is 43.2. The van der Waals surface area contributed by atoms with E-state index in [4.69, 9.17) is 85.3 Å². The van der Waals surface area contributed by atoms with Gasteiger partial charge in [-0.3, -0.25) is 24.0 Å². The summed E-state index contributed by atoms with van der Waals surface area (Å²) in [6, 6.07) is -9.68. The molecule has 51 atom stereocenters. The molecule has 0 aromatic heterocycles. The molecule has 0 saturated carbocycles. The molecule has 5 amide bonds. The molecule has 9 heterocycles. The highest BCUT2D eigenvalue weighted by Crippen LogP contribution is 2.42. The number of amides is 5. The molecule has 62 heteroatoms. The number of hydrogen-bond acceptors (Lipinski definition) is 55. The number of aldehydes is 1. The fourth-order valence-corrected chi connectivity index (χ4v) is 17.0. The van der Waals surface area contributed by atoms with E-state index in [1.165, 1.54) is 0 Å². The predicted octanol–water partition coefficient (Wildman–Crippen LogP) is -23.8. The standard InChI is InChI=1S/C76H125N5O57/c1-19(90)77-24(8-82)41(100)58(29(99)11-85)131-70-57(116)63(134-72-65(54(113)45(104)31(13-87)125-72)136-67-40(81-23(5)94)50(109)60(33(15-89)127-67)133-69-56(115)52(111)47(106)36(130-69)18-123-76(74(119)120)7-26(96)38(79-21(3)92)62(138-76)43(102)28(98)10-84)48(107)34(128-70)16-121-71-64(53(112)44(103)30(12-86)124-71)135-66-39(80-22(4)93)49(108)59(32(14-88)126-66)132-68-55(114)51(110)46(105)35(129-68)17-122-75(73(117)118)6-25(95)37(78-20(2)91)61(137-75)42(101)27(97)9-83/h8,24-72,83-89,95-116H,6-7,9-18H2,1-5H3,(H,77,90)(H,78,91)(H,79,92)(H,80,93)(H,81,94)(H,117,118)(H,119,120)/t24-,25-,26-,27+,28+,29+,30+,31+,32+,33+,34+,35+,36+,37+,38+,39+,40+,41+,42+,43+,44+,45+,46-,47-,48+,49+,50+,51-,52-,53-,54-,55+,56+,57-,58+,59+,60+,61+,62+,63-,64-,65-,66-,67-,68-,69-,70-,71-,72+,75+,76+/m0/s1. The number of hydrogen-bond donors (Lipinski definition) is 36. The molecule has 36 N–H and O–H groups in total. The molecule has 62 nitrogen and oxygen atoms in total. The summed E-state index contributed by atoms with van der Waals surface area (Å²) in [4.78, 5) is 101. The Hall–Kier alpha value is -5.92. The summed E-state index contributed by atoms with van der Waals surface area (Å²) in [6.45, 7) is -8.17. The highest BCUT2D eigenvalue weighted by atomic mass is 16.8. The van der Waals surface area contributed by atoms with E-state index in [2.05, 4.69) is 21.3 Å². The lowest BCUT2D eigenvalue weighted by molar-refractivity contribution is -0.396. The van der Waals surface area contributed by atoms with Crippen LogP contribution >= 0.6 is 0 Å². The molecule has 9 aliphatic heterocycles. The molecule has 0 aromatic carbocycles. The summed E-state index contributed by atoms with van der Waals surface area (Å²) in [5, 5.41) is 356. The van der Waals surface area contributed by atoms with Crippen molar-refractivity contribution < 1.29 is 282 Å². The lowest BCUT2D eigenvalue weighted by Crippen LogP contribution is -2.70. The minimum atomic E-state index is -3.12. The molecule has 9 saturated heterocycles. The number of ether oxygens (including phenoxy) is 18. The summed E-state index contributed by atoms with van der Waals surface area (Å²) >= 11 is 0.